The Morgan fingerprint density at radius 2 is 2.07 bits per heavy atom. The van der Waals surface area contributed by atoms with Gasteiger partial charge in [0.1, 0.15) is 0 Å². The van der Waals surface area contributed by atoms with E-state index in [0.717, 1.165) is 25.9 Å². The van der Waals surface area contributed by atoms with E-state index in [1.807, 2.05) is 0 Å². The molecule has 1 rings (SSSR count). The molecule has 4 nitrogen and oxygen atoms in total. The zero-order valence-corrected chi connectivity index (χ0v) is 8.92. The Kier molecular flexibility index (Phi) is 4.35. The van der Waals surface area contributed by atoms with Crippen molar-refractivity contribution in [3.05, 3.63) is 0 Å². The third-order valence-electron chi connectivity index (χ3n) is 2.61. The molecular formula is C10H20N2O2. The Hall–Kier alpha value is -0.610. The molecule has 1 aliphatic heterocycles. The van der Waals surface area contributed by atoms with Crippen molar-refractivity contribution in [2.75, 3.05) is 13.1 Å². The summed E-state index contributed by atoms with van der Waals surface area (Å²) in [7, 11) is 0. The second kappa shape index (κ2) is 5.32. The monoisotopic (exact) mass is 200 g/mol. The minimum atomic E-state index is -0.674. The van der Waals surface area contributed by atoms with Crippen LogP contribution in [0.25, 0.3) is 0 Å². The van der Waals surface area contributed by atoms with Crippen molar-refractivity contribution < 1.29 is 9.90 Å². The summed E-state index contributed by atoms with van der Waals surface area (Å²) in [5.74, 6) is -0.917. The first-order chi connectivity index (χ1) is 6.61. The van der Waals surface area contributed by atoms with Gasteiger partial charge in [0.15, 0.2) is 0 Å². The molecule has 0 saturated carbocycles. The quantitative estimate of drug-likeness (QED) is 0.618. The van der Waals surface area contributed by atoms with Crippen molar-refractivity contribution in [2.45, 2.75) is 38.8 Å². The molecule has 1 aliphatic rings. The fourth-order valence-electron chi connectivity index (χ4n) is 1.97. The maximum atomic E-state index is 11.0. The highest BCUT2D eigenvalue weighted by Gasteiger charge is 2.29. The standard InChI is InChI=1S/C10H20N2O2/c1-7(2)12-9-4-6-11-5-3-8(9)10(13)14/h7-9,11-12H,3-6H2,1-2H3,(H,13,14). The number of nitrogens with one attached hydrogen (secondary N) is 2. The highest BCUT2D eigenvalue weighted by atomic mass is 16.4. The minimum absolute atomic E-state index is 0.113. The van der Waals surface area contributed by atoms with Gasteiger partial charge in [0.2, 0.25) is 0 Å². The zero-order chi connectivity index (χ0) is 10.6. The summed E-state index contributed by atoms with van der Waals surface area (Å²) in [5.41, 5.74) is 0. The number of rotatable bonds is 3. The Bertz CT molecular complexity index is 195. The van der Waals surface area contributed by atoms with Gasteiger partial charge in [-0.3, -0.25) is 4.79 Å². The molecule has 0 spiro atoms. The van der Waals surface area contributed by atoms with E-state index in [-0.39, 0.29) is 12.0 Å². The second-order valence-electron chi connectivity index (χ2n) is 4.20. The first kappa shape index (κ1) is 11.5. The maximum Gasteiger partial charge on any atom is 0.308 e. The van der Waals surface area contributed by atoms with Gasteiger partial charge in [0.25, 0.3) is 0 Å². The Balaban J connectivity index is 2.59. The van der Waals surface area contributed by atoms with Gasteiger partial charge in [-0.1, -0.05) is 13.8 Å². The SMILES string of the molecule is CC(C)NC1CCNCCC1C(=O)O. The zero-order valence-electron chi connectivity index (χ0n) is 8.92. The first-order valence-electron chi connectivity index (χ1n) is 5.31. The van der Waals surface area contributed by atoms with E-state index >= 15 is 0 Å². The summed E-state index contributed by atoms with van der Waals surface area (Å²) in [6, 6.07) is 0.461. The molecule has 0 aliphatic carbocycles. The van der Waals surface area contributed by atoms with Gasteiger partial charge in [-0.25, -0.2) is 0 Å². The number of aliphatic carboxylic acids is 1. The molecule has 0 aromatic carbocycles. The van der Waals surface area contributed by atoms with Crippen LogP contribution < -0.4 is 10.6 Å². The van der Waals surface area contributed by atoms with E-state index < -0.39 is 5.97 Å². The molecule has 0 bridgehead atoms. The van der Waals surface area contributed by atoms with Crippen molar-refractivity contribution in [1.29, 1.82) is 0 Å². The molecule has 1 saturated heterocycles. The number of hydrogen-bond donors (Lipinski definition) is 3. The van der Waals surface area contributed by atoms with Crippen molar-refractivity contribution in [3.8, 4) is 0 Å². The highest BCUT2D eigenvalue weighted by molar-refractivity contribution is 5.71. The lowest BCUT2D eigenvalue weighted by Gasteiger charge is -2.24. The summed E-state index contributed by atoms with van der Waals surface area (Å²) in [4.78, 5) is 11.0. The fraction of sp³-hybridized carbons (Fsp3) is 0.900. The summed E-state index contributed by atoms with van der Waals surface area (Å²) in [6.07, 6.45) is 1.62. The smallest absolute Gasteiger partial charge is 0.308 e. The van der Waals surface area contributed by atoms with Crippen LogP contribution in [0.2, 0.25) is 0 Å². The van der Waals surface area contributed by atoms with Crippen LogP contribution in [0, 0.1) is 5.92 Å². The molecule has 14 heavy (non-hydrogen) atoms. The fourth-order valence-corrected chi connectivity index (χ4v) is 1.97. The summed E-state index contributed by atoms with van der Waals surface area (Å²) in [6.45, 7) is 5.83. The number of carbonyl (C=O) groups is 1. The van der Waals surface area contributed by atoms with Crippen LogP contribution in [0.1, 0.15) is 26.7 Å². The number of carboxylic acid groups (broad SMARTS) is 1. The van der Waals surface area contributed by atoms with Crippen LogP contribution in [0.15, 0.2) is 0 Å². The second-order valence-corrected chi connectivity index (χ2v) is 4.20. The molecule has 4 heteroatoms. The van der Waals surface area contributed by atoms with Crippen molar-refractivity contribution in [1.82, 2.24) is 10.6 Å². The van der Waals surface area contributed by atoms with Gasteiger partial charge < -0.3 is 15.7 Å². The molecule has 3 N–H and O–H groups in total. The molecule has 2 atom stereocenters. The maximum absolute atomic E-state index is 11.0. The largest absolute Gasteiger partial charge is 0.481 e. The molecule has 2 unspecified atom stereocenters. The Morgan fingerprint density at radius 1 is 1.43 bits per heavy atom. The van der Waals surface area contributed by atoms with Gasteiger partial charge in [0, 0.05) is 12.1 Å². The van der Waals surface area contributed by atoms with E-state index in [4.69, 9.17) is 5.11 Å². The summed E-state index contributed by atoms with van der Waals surface area (Å²) < 4.78 is 0. The summed E-state index contributed by atoms with van der Waals surface area (Å²) in [5, 5.41) is 15.6. The first-order valence-corrected chi connectivity index (χ1v) is 5.31. The summed E-state index contributed by atoms with van der Waals surface area (Å²) >= 11 is 0. The van der Waals surface area contributed by atoms with Crippen molar-refractivity contribution >= 4 is 5.97 Å². The van der Waals surface area contributed by atoms with Crippen LogP contribution in [-0.4, -0.2) is 36.2 Å². The predicted octanol–water partition coefficient (Wildman–Crippen LogP) is 0.437. The van der Waals surface area contributed by atoms with Crippen LogP contribution in [0.5, 0.6) is 0 Å². The van der Waals surface area contributed by atoms with Crippen LogP contribution in [-0.2, 0) is 4.79 Å². The van der Waals surface area contributed by atoms with E-state index in [1.54, 1.807) is 0 Å². The van der Waals surface area contributed by atoms with Gasteiger partial charge >= 0.3 is 5.97 Å². The van der Waals surface area contributed by atoms with E-state index in [1.165, 1.54) is 0 Å². The lowest BCUT2D eigenvalue weighted by atomic mass is 9.94. The average molecular weight is 200 g/mol. The molecule has 1 fully saturated rings. The third-order valence-corrected chi connectivity index (χ3v) is 2.61. The van der Waals surface area contributed by atoms with E-state index in [9.17, 15) is 4.79 Å². The average Bonchev–Trinajstić information content (AvgIpc) is 2.28. The lowest BCUT2D eigenvalue weighted by molar-refractivity contribution is -0.142. The Labute approximate surface area is 85.1 Å². The molecule has 0 amide bonds. The predicted molar refractivity (Wildman–Crippen MR) is 55.3 cm³/mol. The van der Waals surface area contributed by atoms with Crippen molar-refractivity contribution in [2.24, 2.45) is 5.92 Å². The third kappa shape index (κ3) is 3.27. The van der Waals surface area contributed by atoms with E-state index in [2.05, 4.69) is 24.5 Å². The van der Waals surface area contributed by atoms with Crippen LogP contribution in [0.3, 0.4) is 0 Å². The van der Waals surface area contributed by atoms with Gasteiger partial charge in [0.05, 0.1) is 5.92 Å². The van der Waals surface area contributed by atoms with Crippen molar-refractivity contribution in [3.63, 3.8) is 0 Å². The molecule has 82 valence electrons. The molecule has 0 radical (unpaired) electrons. The Morgan fingerprint density at radius 3 is 2.64 bits per heavy atom. The van der Waals surface area contributed by atoms with Crippen LogP contribution in [0.4, 0.5) is 0 Å². The van der Waals surface area contributed by atoms with Gasteiger partial charge in [-0.05, 0) is 25.9 Å². The number of carboxylic acids is 1. The topological polar surface area (TPSA) is 61.4 Å². The molecule has 0 aromatic heterocycles. The lowest BCUT2D eigenvalue weighted by Crippen LogP contribution is -2.43. The number of hydrogen-bond acceptors (Lipinski definition) is 3. The molecule has 1 heterocycles. The molecule has 0 aromatic rings. The van der Waals surface area contributed by atoms with Crippen LogP contribution >= 0.6 is 0 Å². The minimum Gasteiger partial charge on any atom is -0.481 e. The molecular weight excluding hydrogens is 180 g/mol. The van der Waals surface area contributed by atoms with Gasteiger partial charge in [-0.15, -0.1) is 0 Å². The normalized spacial score (nSPS) is 28.8. The van der Waals surface area contributed by atoms with E-state index in [0.29, 0.717) is 6.04 Å². The highest BCUT2D eigenvalue weighted by Crippen LogP contribution is 2.15. The van der Waals surface area contributed by atoms with Gasteiger partial charge in [-0.2, -0.15) is 0 Å².